The van der Waals surface area contributed by atoms with E-state index in [0.717, 1.165) is 11.3 Å². The highest BCUT2D eigenvalue weighted by Gasteiger charge is 2.32. The van der Waals surface area contributed by atoms with Crippen LogP contribution >= 0.6 is 0 Å². The van der Waals surface area contributed by atoms with E-state index in [-0.39, 0.29) is 12.5 Å². The number of rotatable bonds is 4. The van der Waals surface area contributed by atoms with Crippen LogP contribution in [0.3, 0.4) is 0 Å². The van der Waals surface area contributed by atoms with E-state index < -0.39 is 17.9 Å². The first-order valence-corrected chi connectivity index (χ1v) is 8.22. The van der Waals surface area contributed by atoms with Crippen molar-refractivity contribution in [1.29, 1.82) is 0 Å². The van der Waals surface area contributed by atoms with Gasteiger partial charge >= 0.3 is 11.9 Å². The molecular weight excluding hydrogens is 334 g/mol. The molecule has 0 radical (unpaired) electrons. The maximum absolute atomic E-state index is 12.6. The average Bonchev–Trinajstić information content (AvgIpc) is 2.69. The first-order valence-electron chi connectivity index (χ1n) is 8.22. The minimum atomic E-state index is -0.493. The SMILES string of the molecule is COC(=O)c1ccc2c(c1)CC(COC(=O)c1ccccc1)C(=O)N2C. The number of carbonyl (C=O) groups is 3. The first kappa shape index (κ1) is 17.7. The molecule has 0 saturated heterocycles. The van der Waals surface area contributed by atoms with Crippen LogP contribution in [0.2, 0.25) is 0 Å². The number of fused-ring (bicyclic) bond motifs is 1. The van der Waals surface area contributed by atoms with Crippen LogP contribution in [0.4, 0.5) is 5.69 Å². The number of carbonyl (C=O) groups excluding carboxylic acids is 3. The number of ether oxygens (including phenoxy) is 2. The molecule has 134 valence electrons. The molecule has 0 N–H and O–H groups in total. The van der Waals surface area contributed by atoms with Gasteiger partial charge in [-0.3, -0.25) is 4.79 Å². The van der Waals surface area contributed by atoms with Gasteiger partial charge in [-0.1, -0.05) is 18.2 Å². The summed E-state index contributed by atoms with van der Waals surface area (Å²) >= 11 is 0. The van der Waals surface area contributed by atoms with E-state index in [2.05, 4.69) is 0 Å². The van der Waals surface area contributed by atoms with Crippen LogP contribution in [-0.2, 0) is 20.7 Å². The molecule has 0 bridgehead atoms. The summed E-state index contributed by atoms with van der Waals surface area (Å²) in [6.45, 7) is -0.0151. The van der Waals surface area contributed by atoms with Gasteiger partial charge < -0.3 is 14.4 Å². The molecule has 1 heterocycles. The summed E-state index contributed by atoms with van der Waals surface area (Å²) in [5.41, 5.74) is 2.45. The monoisotopic (exact) mass is 353 g/mol. The minimum Gasteiger partial charge on any atom is -0.465 e. The number of hydrogen-bond acceptors (Lipinski definition) is 5. The zero-order valence-corrected chi connectivity index (χ0v) is 14.6. The Bertz CT molecular complexity index is 847. The van der Waals surface area contributed by atoms with Crippen molar-refractivity contribution in [3.05, 3.63) is 65.2 Å². The highest BCUT2D eigenvalue weighted by Crippen LogP contribution is 2.31. The van der Waals surface area contributed by atoms with Gasteiger partial charge in [-0.15, -0.1) is 0 Å². The normalized spacial score (nSPS) is 16.0. The van der Waals surface area contributed by atoms with E-state index in [1.165, 1.54) is 12.0 Å². The lowest BCUT2D eigenvalue weighted by molar-refractivity contribution is -0.123. The predicted octanol–water partition coefficient (Wildman–Crippen LogP) is 2.47. The minimum absolute atomic E-state index is 0.0151. The molecule has 6 nitrogen and oxygen atoms in total. The Kier molecular flexibility index (Phi) is 5.02. The lowest BCUT2D eigenvalue weighted by atomic mass is 9.91. The summed E-state index contributed by atoms with van der Waals surface area (Å²) in [5.74, 6) is -1.51. The Labute approximate surface area is 151 Å². The van der Waals surface area contributed by atoms with Gasteiger partial charge in [-0.05, 0) is 42.3 Å². The largest absolute Gasteiger partial charge is 0.465 e. The predicted molar refractivity (Wildman–Crippen MR) is 95.1 cm³/mol. The zero-order chi connectivity index (χ0) is 18.7. The maximum Gasteiger partial charge on any atom is 0.338 e. The molecule has 0 aliphatic carbocycles. The number of methoxy groups -OCH3 is 1. The Hall–Kier alpha value is -3.15. The first-order chi connectivity index (χ1) is 12.5. The summed E-state index contributed by atoms with van der Waals surface area (Å²) in [6, 6.07) is 13.7. The molecule has 6 heteroatoms. The zero-order valence-electron chi connectivity index (χ0n) is 14.6. The van der Waals surface area contributed by atoms with Gasteiger partial charge in [0.2, 0.25) is 5.91 Å². The van der Waals surface area contributed by atoms with Crippen LogP contribution in [-0.4, -0.2) is 38.6 Å². The van der Waals surface area contributed by atoms with Crippen molar-refractivity contribution >= 4 is 23.5 Å². The van der Waals surface area contributed by atoms with Crippen LogP contribution in [0.25, 0.3) is 0 Å². The fourth-order valence-corrected chi connectivity index (χ4v) is 3.03. The molecule has 1 amide bonds. The van der Waals surface area contributed by atoms with Crippen molar-refractivity contribution in [3.63, 3.8) is 0 Å². The molecule has 0 aromatic heterocycles. The second kappa shape index (κ2) is 7.39. The van der Waals surface area contributed by atoms with E-state index in [0.29, 0.717) is 17.5 Å². The number of hydrogen-bond donors (Lipinski definition) is 0. The van der Waals surface area contributed by atoms with Gasteiger partial charge in [-0.25, -0.2) is 9.59 Å². The van der Waals surface area contributed by atoms with Crippen molar-refractivity contribution in [3.8, 4) is 0 Å². The van der Waals surface area contributed by atoms with E-state index in [9.17, 15) is 14.4 Å². The van der Waals surface area contributed by atoms with Gasteiger partial charge in [0, 0.05) is 12.7 Å². The maximum atomic E-state index is 12.6. The van der Waals surface area contributed by atoms with Crippen molar-refractivity contribution < 1.29 is 23.9 Å². The molecule has 1 aliphatic rings. The van der Waals surface area contributed by atoms with Crippen molar-refractivity contribution in [1.82, 2.24) is 0 Å². The molecule has 3 rings (SSSR count). The molecular formula is C20H19NO5. The highest BCUT2D eigenvalue weighted by molar-refractivity contribution is 5.99. The van der Waals surface area contributed by atoms with Crippen molar-refractivity contribution in [2.24, 2.45) is 5.92 Å². The topological polar surface area (TPSA) is 72.9 Å². The third-order valence-electron chi connectivity index (χ3n) is 4.43. The second-order valence-corrected chi connectivity index (χ2v) is 6.10. The molecule has 26 heavy (non-hydrogen) atoms. The van der Waals surface area contributed by atoms with E-state index in [4.69, 9.17) is 9.47 Å². The molecule has 0 spiro atoms. The molecule has 2 aromatic carbocycles. The Morgan fingerprint density at radius 3 is 2.50 bits per heavy atom. The summed E-state index contributed by atoms with van der Waals surface area (Å²) in [5, 5.41) is 0. The molecule has 1 atom stereocenters. The Morgan fingerprint density at radius 1 is 1.08 bits per heavy atom. The van der Waals surface area contributed by atoms with Crippen LogP contribution in [0, 0.1) is 5.92 Å². The number of anilines is 1. The Morgan fingerprint density at radius 2 is 1.81 bits per heavy atom. The third kappa shape index (κ3) is 3.44. The van der Waals surface area contributed by atoms with Gasteiger partial charge in [0.25, 0.3) is 0 Å². The highest BCUT2D eigenvalue weighted by atomic mass is 16.5. The summed E-state index contributed by atoms with van der Waals surface area (Å²) in [4.78, 5) is 37.9. The molecule has 0 fully saturated rings. The number of esters is 2. The van der Waals surface area contributed by atoms with E-state index in [1.807, 2.05) is 6.07 Å². The van der Waals surface area contributed by atoms with E-state index in [1.54, 1.807) is 49.5 Å². The lowest BCUT2D eigenvalue weighted by Crippen LogP contribution is -2.41. The quantitative estimate of drug-likeness (QED) is 0.790. The molecule has 1 unspecified atom stereocenters. The van der Waals surface area contributed by atoms with Crippen LogP contribution in [0.1, 0.15) is 26.3 Å². The fourth-order valence-electron chi connectivity index (χ4n) is 3.03. The van der Waals surface area contributed by atoms with Gasteiger partial charge in [0.1, 0.15) is 6.61 Å². The fraction of sp³-hybridized carbons (Fsp3) is 0.250. The molecule has 0 saturated carbocycles. The van der Waals surface area contributed by atoms with Crippen LogP contribution < -0.4 is 4.90 Å². The van der Waals surface area contributed by atoms with Gasteiger partial charge in [-0.2, -0.15) is 0 Å². The second-order valence-electron chi connectivity index (χ2n) is 6.10. The van der Waals surface area contributed by atoms with Gasteiger partial charge in [0.15, 0.2) is 0 Å². The van der Waals surface area contributed by atoms with Gasteiger partial charge in [0.05, 0.1) is 24.2 Å². The van der Waals surface area contributed by atoms with Crippen molar-refractivity contribution in [2.45, 2.75) is 6.42 Å². The summed E-state index contributed by atoms with van der Waals surface area (Å²) < 4.78 is 10.1. The molecule has 1 aliphatic heterocycles. The Balaban J connectivity index is 1.75. The standard InChI is InChI=1S/C20H19NO5/c1-21-17-9-8-14(19(23)25-2)10-15(17)11-16(18(21)22)12-26-20(24)13-6-4-3-5-7-13/h3-10,16H,11-12H2,1-2H3. The smallest absolute Gasteiger partial charge is 0.338 e. The van der Waals surface area contributed by atoms with Crippen LogP contribution in [0.15, 0.2) is 48.5 Å². The molecule has 2 aromatic rings. The number of nitrogens with zero attached hydrogens (tertiary/aromatic N) is 1. The third-order valence-corrected chi connectivity index (χ3v) is 4.43. The average molecular weight is 353 g/mol. The summed E-state index contributed by atoms with van der Waals surface area (Å²) in [6.07, 6.45) is 0.394. The number of amides is 1. The lowest BCUT2D eigenvalue weighted by Gasteiger charge is -2.31. The van der Waals surface area contributed by atoms with E-state index >= 15 is 0 Å². The van der Waals surface area contributed by atoms with Crippen molar-refractivity contribution in [2.75, 3.05) is 25.7 Å². The number of benzene rings is 2. The van der Waals surface area contributed by atoms with Crippen LogP contribution in [0.5, 0.6) is 0 Å². The summed E-state index contributed by atoms with van der Waals surface area (Å²) in [7, 11) is 2.99.